The summed E-state index contributed by atoms with van der Waals surface area (Å²) in [6.07, 6.45) is 4.78. The molecule has 2 N–H and O–H groups in total. The molecular weight excluding hydrogens is 380 g/mol. The summed E-state index contributed by atoms with van der Waals surface area (Å²) in [5, 5.41) is 2.82. The molecule has 2 rings (SSSR count). The van der Waals surface area contributed by atoms with Crippen molar-refractivity contribution in [2.45, 2.75) is 6.42 Å². The zero-order chi connectivity index (χ0) is 20.6. The number of carbonyl (C=O) groups is 1. The van der Waals surface area contributed by atoms with Crippen molar-refractivity contribution in [2.24, 2.45) is 0 Å². The van der Waals surface area contributed by atoms with Gasteiger partial charge in [-0.05, 0) is 54.0 Å². The van der Waals surface area contributed by atoms with Gasteiger partial charge in [0.25, 0.3) is 0 Å². The van der Waals surface area contributed by atoms with Crippen LogP contribution in [-0.2, 0) is 21.2 Å². The largest absolute Gasteiger partial charge is 0.497 e. The SMILES string of the molecule is COc1ccc(OC)c(CCNC(=O)C=Cc2ccc(NS(C)(=O)=O)cc2)c1. The lowest BCUT2D eigenvalue weighted by Crippen LogP contribution is -2.23. The highest BCUT2D eigenvalue weighted by Gasteiger charge is 2.06. The fraction of sp³-hybridized carbons (Fsp3) is 0.250. The molecule has 0 aliphatic carbocycles. The van der Waals surface area contributed by atoms with E-state index in [1.54, 1.807) is 44.6 Å². The van der Waals surface area contributed by atoms with Crippen LogP contribution in [-0.4, -0.2) is 41.3 Å². The Hall–Kier alpha value is -3.00. The molecule has 28 heavy (non-hydrogen) atoms. The molecule has 2 aromatic carbocycles. The molecule has 0 saturated heterocycles. The highest BCUT2D eigenvalue weighted by atomic mass is 32.2. The number of amides is 1. The van der Waals surface area contributed by atoms with E-state index in [0.717, 1.165) is 28.9 Å². The van der Waals surface area contributed by atoms with Gasteiger partial charge in [0.15, 0.2) is 0 Å². The lowest BCUT2D eigenvalue weighted by molar-refractivity contribution is -0.116. The number of benzene rings is 2. The molecule has 0 aliphatic rings. The van der Waals surface area contributed by atoms with E-state index in [4.69, 9.17) is 9.47 Å². The number of sulfonamides is 1. The highest BCUT2D eigenvalue weighted by molar-refractivity contribution is 7.92. The van der Waals surface area contributed by atoms with Crippen molar-refractivity contribution in [2.75, 3.05) is 31.7 Å². The third-order valence-corrected chi connectivity index (χ3v) is 4.43. The molecule has 0 heterocycles. The molecule has 0 bridgehead atoms. The van der Waals surface area contributed by atoms with Gasteiger partial charge in [-0.2, -0.15) is 0 Å². The maximum Gasteiger partial charge on any atom is 0.244 e. The summed E-state index contributed by atoms with van der Waals surface area (Å²) < 4.78 is 35.3. The van der Waals surface area contributed by atoms with Crippen molar-refractivity contribution in [3.05, 3.63) is 59.7 Å². The predicted molar refractivity (Wildman–Crippen MR) is 110 cm³/mol. The molecule has 0 aliphatic heterocycles. The van der Waals surface area contributed by atoms with Gasteiger partial charge >= 0.3 is 0 Å². The van der Waals surface area contributed by atoms with Gasteiger partial charge in [0.05, 0.1) is 20.5 Å². The molecule has 150 valence electrons. The first kappa shape index (κ1) is 21.3. The van der Waals surface area contributed by atoms with Crippen LogP contribution in [0.25, 0.3) is 6.08 Å². The van der Waals surface area contributed by atoms with Crippen molar-refractivity contribution in [1.29, 1.82) is 0 Å². The average molecular weight is 404 g/mol. The van der Waals surface area contributed by atoms with Crippen LogP contribution in [0.3, 0.4) is 0 Å². The van der Waals surface area contributed by atoms with Crippen molar-refractivity contribution >= 4 is 27.7 Å². The van der Waals surface area contributed by atoms with Crippen LogP contribution in [0.2, 0.25) is 0 Å². The van der Waals surface area contributed by atoms with E-state index in [0.29, 0.717) is 18.7 Å². The number of rotatable bonds is 9. The van der Waals surface area contributed by atoms with Crippen LogP contribution in [0.5, 0.6) is 11.5 Å². The van der Waals surface area contributed by atoms with Gasteiger partial charge in [-0.1, -0.05) is 12.1 Å². The maximum atomic E-state index is 12.0. The van der Waals surface area contributed by atoms with Gasteiger partial charge in [0.1, 0.15) is 11.5 Å². The molecule has 0 unspecified atom stereocenters. The van der Waals surface area contributed by atoms with Crippen LogP contribution in [0.15, 0.2) is 48.5 Å². The quantitative estimate of drug-likeness (QED) is 0.626. The first-order valence-electron chi connectivity index (χ1n) is 8.55. The molecule has 7 nitrogen and oxygen atoms in total. The second-order valence-electron chi connectivity index (χ2n) is 6.05. The Labute approximate surface area is 165 Å². The van der Waals surface area contributed by atoms with Crippen LogP contribution >= 0.6 is 0 Å². The van der Waals surface area contributed by atoms with Crippen LogP contribution in [0.1, 0.15) is 11.1 Å². The second kappa shape index (κ2) is 9.80. The Balaban J connectivity index is 1.87. The first-order chi connectivity index (χ1) is 13.3. The summed E-state index contributed by atoms with van der Waals surface area (Å²) in [6.45, 7) is 0.448. The smallest absolute Gasteiger partial charge is 0.244 e. The van der Waals surface area contributed by atoms with Crippen LogP contribution in [0, 0.1) is 0 Å². The van der Waals surface area contributed by atoms with Gasteiger partial charge in [-0.25, -0.2) is 8.42 Å². The van der Waals surface area contributed by atoms with Gasteiger partial charge < -0.3 is 14.8 Å². The van der Waals surface area contributed by atoms with Gasteiger partial charge in [-0.3, -0.25) is 9.52 Å². The molecule has 1 amide bonds. The molecule has 0 saturated carbocycles. The van der Waals surface area contributed by atoms with Gasteiger partial charge in [0, 0.05) is 18.3 Å². The van der Waals surface area contributed by atoms with Crippen molar-refractivity contribution < 1.29 is 22.7 Å². The minimum atomic E-state index is -3.31. The lowest BCUT2D eigenvalue weighted by atomic mass is 10.1. The monoisotopic (exact) mass is 404 g/mol. The molecule has 0 aromatic heterocycles. The maximum absolute atomic E-state index is 12.0. The molecule has 8 heteroatoms. The molecule has 0 radical (unpaired) electrons. The number of hydrogen-bond acceptors (Lipinski definition) is 5. The molecule has 0 atom stereocenters. The number of hydrogen-bond donors (Lipinski definition) is 2. The molecule has 2 aromatic rings. The number of anilines is 1. The van der Waals surface area contributed by atoms with Crippen LogP contribution < -0.4 is 19.5 Å². The number of carbonyl (C=O) groups excluding carboxylic acids is 1. The summed E-state index contributed by atoms with van der Waals surface area (Å²) in [4.78, 5) is 12.0. The van der Waals surface area contributed by atoms with E-state index in [1.165, 1.54) is 6.08 Å². The minimum Gasteiger partial charge on any atom is -0.497 e. The van der Waals surface area contributed by atoms with Crippen LogP contribution in [0.4, 0.5) is 5.69 Å². The van der Waals surface area contributed by atoms with Crippen molar-refractivity contribution in [1.82, 2.24) is 5.32 Å². The Kier molecular flexibility index (Phi) is 7.45. The minimum absolute atomic E-state index is 0.222. The summed E-state index contributed by atoms with van der Waals surface area (Å²) >= 11 is 0. The van der Waals surface area contributed by atoms with E-state index in [-0.39, 0.29) is 5.91 Å². The fourth-order valence-electron chi connectivity index (χ4n) is 2.50. The second-order valence-corrected chi connectivity index (χ2v) is 7.80. The Morgan fingerprint density at radius 1 is 1.07 bits per heavy atom. The normalized spacial score (nSPS) is 11.2. The standard InChI is InChI=1S/C20H24N2O5S/c1-26-18-9-10-19(27-2)16(14-18)12-13-21-20(23)11-6-15-4-7-17(8-5-15)22-28(3,24)25/h4-11,14,22H,12-13H2,1-3H3,(H,21,23). The summed E-state index contributed by atoms with van der Waals surface area (Å²) in [5.41, 5.74) is 2.19. The zero-order valence-corrected chi connectivity index (χ0v) is 16.9. The molecule has 0 spiro atoms. The zero-order valence-electron chi connectivity index (χ0n) is 16.1. The number of ether oxygens (including phenoxy) is 2. The Bertz CT molecular complexity index is 938. The Morgan fingerprint density at radius 2 is 1.79 bits per heavy atom. The van der Waals surface area contributed by atoms with Crippen molar-refractivity contribution in [3.63, 3.8) is 0 Å². The Morgan fingerprint density at radius 3 is 2.39 bits per heavy atom. The predicted octanol–water partition coefficient (Wildman–Crippen LogP) is 2.45. The fourth-order valence-corrected chi connectivity index (χ4v) is 3.07. The highest BCUT2D eigenvalue weighted by Crippen LogP contribution is 2.24. The van der Waals surface area contributed by atoms with E-state index in [9.17, 15) is 13.2 Å². The summed E-state index contributed by atoms with van der Waals surface area (Å²) in [5.74, 6) is 1.25. The summed E-state index contributed by atoms with van der Waals surface area (Å²) in [7, 11) is -0.108. The van der Waals surface area contributed by atoms with E-state index < -0.39 is 10.0 Å². The van der Waals surface area contributed by atoms with Gasteiger partial charge in [-0.15, -0.1) is 0 Å². The topological polar surface area (TPSA) is 93.7 Å². The number of nitrogens with one attached hydrogen (secondary N) is 2. The lowest BCUT2D eigenvalue weighted by Gasteiger charge is -2.10. The van der Waals surface area contributed by atoms with E-state index >= 15 is 0 Å². The first-order valence-corrected chi connectivity index (χ1v) is 10.4. The van der Waals surface area contributed by atoms with E-state index in [2.05, 4.69) is 10.0 Å². The third kappa shape index (κ3) is 6.96. The summed E-state index contributed by atoms with van der Waals surface area (Å²) in [6, 6.07) is 12.2. The number of methoxy groups -OCH3 is 2. The van der Waals surface area contributed by atoms with E-state index in [1.807, 2.05) is 18.2 Å². The average Bonchev–Trinajstić information content (AvgIpc) is 2.66. The third-order valence-electron chi connectivity index (χ3n) is 3.82. The molecular formula is C20H24N2O5S. The molecule has 0 fully saturated rings. The van der Waals surface area contributed by atoms with Gasteiger partial charge in [0.2, 0.25) is 15.9 Å². The van der Waals surface area contributed by atoms with Crippen molar-refractivity contribution in [3.8, 4) is 11.5 Å².